The van der Waals surface area contributed by atoms with Crippen LogP contribution in [0.15, 0.2) is 29.8 Å². The van der Waals surface area contributed by atoms with Gasteiger partial charge >= 0.3 is 0 Å². The van der Waals surface area contributed by atoms with Crippen molar-refractivity contribution in [2.45, 2.75) is 32.7 Å². The maximum Gasteiger partial charge on any atom is 0.225 e. The highest BCUT2D eigenvalue weighted by Crippen LogP contribution is 2.34. The zero-order valence-electron chi connectivity index (χ0n) is 12.8. The minimum absolute atomic E-state index is 0.0327. The molecule has 0 radical (unpaired) electrons. The third-order valence-electron chi connectivity index (χ3n) is 3.79. The van der Waals surface area contributed by atoms with Crippen molar-refractivity contribution in [3.8, 4) is 0 Å². The van der Waals surface area contributed by atoms with Gasteiger partial charge in [-0.15, -0.1) is 11.3 Å². The summed E-state index contributed by atoms with van der Waals surface area (Å²) in [4.78, 5) is 23.2. The number of nitrogens with zero attached hydrogens (tertiary/aromatic N) is 3. The molecule has 1 saturated heterocycles. The SMILES string of the molecule is CC(C)C(=O)N1CCCC1c1csc(Nc2ccccn2)n1. The summed E-state index contributed by atoms with van der Waals surface area (Å²) in [5, 5.41) is 6.07. The third kappa shape index (κ3) is 3.11. The second-order valence-corrected chi connectivity index (χ2v) is 6.62. The molecule has 1 amide bonds. The molecule has 1 aliphatic heterocycles. The largest absolute Gasteiger partial charge is 0.334 e. The highest BCUT2D eigenvalue weighted by Gasteiger charge is 2.32. The molecule has 2 aromatic heterocycles. The van der Waals surface area contributed by atoms with E-state index in [-0.39, 0.29) is 17.9 Å². The van der Waals surface area contributed by atoms with E-state index >= 15 is 0 Å². The van der Waals surface area contributed by atoms with Crippen molar-refractivity contribution in [1.29, 1.82) is 0 Å². The van der Waals surface area contributed by atoms with Crippen LogP contribution in [-0.4, -0.2) is 27.3 Å². The fourth-order valence-electron chi connectivity index (χ4n) is 2.71. The molecular formula is C16H20N4OS. The predicted octanol–water partition coefficient (Wildman–Crippen LogP) is 3.60. The Hall–Kier alpha value is -1.95. The van der Waals surface area contributed by atoms with Crippen LogP contribution in [0.3, 0.4) is 0 Å². The highest BCUT2D eigenvalue weighted by atomic mass is 32.1. The molecule has 1 atom stereocenters. The molecule has 0 aliphatic carbocycles. The lowest BCUT2D eigenvalue weighted by atomic mass is 10.1. The van der Waals surface area contributed by atoms with E-state index in [2.05, 4.69) is 15.3 Å². The lowest BCUT2D eigenvalue weighted by Gasteiger charge is -2.25. The first kappa shape index (κ1) is 15.0. The minimum Gasteiger partial charge on any atom is -0.334 e. The zero-order valence-corrected chi connectivity index (χ0v) is 13.6. The molecule has 3 rings (SSSR count). The molecule has 6 heteroatoms. The first-order valence-electron chi connectivity index (χ1n) is 7.59. The average Bonchev–Trinajstić information content (AvgIpc) is 3.16. The van der Waals surface area contributed by atoms with E-state index in [1.54, 1.807) is 17.5 Å². The van der Waals surface area contributed by atoms with Crippen LogP contribution in [0.4, 0.5) is 10.9 Å². The van der Waals surface area contributed by atoms with Crippen LogP contribution in [0, 0.1) is 5.92 Å². The Labute approximate surface area is 134 Å². The molecule has 1 N–H and O–H groups in total. The van der Waals surface area contributed by atoms with Crippen molar-refractivity contribution >= 4 is 28.2 Å². The van der Waals surface area contributed by atoms with Crippen LogP contribution in [0.5, 0.6) is 0 Å². The molecule has 22 heavy (non-hydrogen) atoms. The number of hydrogen-bond donors (Lipinski definition) is 1. The van der Waals surface area contributed by atoms with E-state index in [9.17, 15) is 4.79 Å². The lowest BCUT2D eigenvalue weighted by Crippen LogP contribution is -2.33. The molecule has 0 saturated carbocycles. The molecule has 0 aromatic carbocycles. The quantitative estimate of drug-likeness (QED) is 0.936. The number of anilines is 2. The number of pyridine rings is 1. The Kier molecular flexibility index (Phi) is 4.38. The number of aromatic nitrogens is 2. The molecule has 5 nitrogen and oxygen atoms in total. The standard InChI is InChI=1S/C16H20N4OS/c1-11(2)15(21)20-9-5-6-13(20)12-10-22-16(18-12)19-14-7-3-4-8-17-14/h3-4,7-8,10-11,13H,5-6,9H2,1-2H3,(H,17,18,19). The van der Waals surface area contributed by atoms with Gasteiger partial charge in [0.05, 0.1) is 11.7 Å². The van der Waals surface area contributed by atoms with Crippen molar-refractivity contribution < 1.29 is 4.79 Å². The monoisotopic (exact) mass is 316 g/mol. The summed E-state index contributed by atoms with van der Waals surface area (Å²) in [5.41, 5.74) is 0.981. The summed E-state index contributed by atoms with van der Waals surface area (Å²) >= 11 is 1.55. The summed E-state index contributed by atoms with van der Waals surface area (Å²) in [7, 11) is 0. The van der Waals surface area contributed by atoms with Gasteiger partial charge in [0.2, 0.25) is 5.91 Å². The van der Waals surface area contributed by atoms with Gasteiger partial charge in [0.15, 0.2) is 5.13 Å². The van der Waals surface area contributed by atoms with Crippen LogP contribution in [0.2, 0.25) is 0 Å². The predicted molar refractivity (Wildman–Crippen MR) is 88.2 cm³/mol. The fourth-order valence-corrected chi connectivity index (χ4v) is 3.48. The Balaban J connectivity index is 1.74. The Morgan fingerprint density at radius 3 is 3.05 bits per heavy atom. The summed E-state index contributed by atoms with van der Waals surface area (Å²) in [6.45, 7) is 4.74. The summed E-state index contributed by atoms with van der Waals surface area (Å²) < 4.78 is 0. The number of rotatable bonds is 4. The number of hydrogen-bond acceptors (Lipinski definition) is 5. The van der Waals surface area contributed by atoms with E-state index in [1.807, 2.05) is 42.3 Å². The maximum absolute atomic E-state index is 12.3. The molecule has 3 heterocycles. The molecule has 0 bridgehead atoms. The summed E-state index contributed by atoms with van der Waals surface area (Å²) in [6, 6.07) is 5.84. The second-order valence-electron chi connectivity index (χ2n) is 5.76. The summed E-state index contributed by atoms with van der Waals surface area (Å²) in [5.74, 6) is 1.03. The molecule has 2 aromatic rings. The van der Waals surface area contributed by atoms with Gasteiger partial charge in [-0.3, -0.25) is 4.79 Å². The molecule has 116 valence electrons. The normalized spacial score (nSPS) is 18.0. The van der Waals surface area contributed by atoms with Crippen LogP contribution in [0.1, 0.15) is 38.4 Å². The molecular weight excluding hydrogens is 296 g/mol. The fraction of sp³-hybridized carbons (Fsp3) is 0.438. The maximum atomic E-state index is 12.3. The summed E-state index contributed by atoms with van der Waals surface area (Å²) in [6.07, 6.45) is 3.78. The first-order chi connectivity index (χ1) is 10.6. The van der Waals surface area contributed by atoms with Gasteiger partial charge in [0.1, 0.15) is 5.82 Å². The molecule has 0 spiro atoms. The van der Waals surface area contributed by atoms with Crippen LogP contribution in [-0.2, 0) is 4.79 Å². The van der Waals surface area contributed by atoms with Crippen molar-refractivity contribution in [3.63, 3.8) is 0 Å². The Bertz CT molecular complexity index is 641. The Morgan fingerprint density at radius 2 is 2.32 bits per heavy atom. The van der Waals surface area contributed by atoms with Gasteiger partial charge < -0.3 is 10.2 Å². The van der Waals surface area contributed by atoms with Gasteiger partial charge in [0, 0.05) is 24.0 Å². The second kappa shape index (κ2) is 6.44. The first-order valence-corrected chi connectivity index (χ1v) is 8.47. The number of nitrogens with one attached hydrogen (secondary N) is 1. The van der Waals surface area contributed by atoms with Crippen molar-refractivity contribution in [2.24, 2.45) is 5.92 Å². The van der Waals surface area contributed by atoms with Gasteiger partial charge in [-0.25, -0.2) is 9.97 Å². The number of likely N-dealkylation sites (tertiary alicyclic amines) is 1. The number of thiazole rings is 1. The van der Waals surface area contributed by atoms with E-state index in [0.717, 1.165) is 36.0 Å². The van der Waals surface area contributed by atoms with Gasteiger partial charge in [0.25, 0.3) is 0 Å². The van der Waals surface area contributed by atoms with Crippen molar-refractivity contribution in [3.05, 3.63) is 35.5 Å². The van der Waals surface area contributed by atoms with E-state index in [0.29, 0.717) is 0 Å². The number of amides is 1. The molecule has 1 unspecified atom stereocenters. The lowest BCUT2D eigenvalue weighted by molar-refractivity contribution is -0.135. The van der Waals surface area contributed by atoms with E-state index in [1.165, 1.54) is 0 Å². The number of carbonyl (C=O) groups excluding carboxylic acids is 1. The van der Waals surface area contributed by atoms with Crippen molar-refractivity contribution in [2.75, 3.05) is 11.9 Å². The smallest absolute Gasteiger partial charge is 0.225 e. The van der Waals surface area contributed by atoms with E-state index in [4.69, 9.17) is 0 Å². The van der Waals surface area contributed by atoms with Gasteiger partial charge in [-0.1, -0.05) is 19.9 Å². The van der Waals surface area contributed by atoms with Crippen LogP contribution in [0.25, 0.3) is 0 Å². The van der Waals surface area contributed by atoms with Crippen LogP contribution >= 0.6 is 11.3 Å². The zero-order chi connectivity index (χ0) is 15.5. The topological polar surface area (TPSA) is 58.1 Å². The van der Waals surface area contributed by atoms with Gasteiger partial charge in [-0.2, -0.15) is 0 Å². The van der Waals surface area contributed by atoms with Gasteiger partial charge in [-0.05, 0) is 25.0 Å². The average molecular weight is 316 g/mol. The Morgan fingerprint density at radius 1 is 1.45 bits per heavy atom. The van der Waals surface area contributed by atoms with E-state index < -0.39 is 0 Å². The number of carbonyl (C=O) groups is 1. The van der Waals surface area contributed by atoms with Crippen LogP contribution < -0.4 is 5.32 Å². The molecule has 1 fully saturated rings. The molecule has 1 aliphatic rings. The minimum atomic E-state index is 0.0327. The van der Waals surface area contributed by atoms with Crippen molar-refractivity contribution in [1.82, 2.24) is 14.9 Å². The third-order valence-corrected chi connectivity index (χ3v) is 4.57. The highest BCUT2D eigenvalue weighted by molar-refractivity contribution is 7.13.